The van der Waals surface area contributed by atoms with Gasteiger partial charge in [0.2, 0.25) is 10.0 Å². The summed E-state index contributed by atoms with van der Waals surface area (Å²) in [6.07, 6.45) is 3.14. The largest absolute Gasteiger partial charge is 0.465 e. The molecule has 3 fully saturated rings. The first-order chi connectivity index (χ1) is 21.4. The third kappa shape index (κ3) is 7.82. The number of methoxy groups -OCH3 is 1. The van der Waals surface area contributed by atoms with Crippen LogP contribution in [-0.2, 0) is 14.8 Å². The third-order valence-corrected chi connectivity index (χ3v) is 10.8. The Balaban J connectivity index is 1.34. The minimum atomic E-state index is -3.25. The highest BCUT2D eigenvalue weighted by molar-refractivity contribution is 7.88. The first-order valence-corrected chi connectivity index (χ1v) is 17.3. The topological polar surface area (TPSA) is 177 Å². The van der Waals surface area contributed by atoms with Crippen molar-refractivity contribution in [3.63, 3.8) is 0 Å². The van der Waals surface area contributed by atoms with E-state index in [0.717, 1.165) is 18.4 Å². The number of urea groups is 1. The van der Waals surface area contributed by atoms with Gasteiger partial charge in [-0.25, -0.2) is 32.1 Å². The zero-order valence-electron chi connectivity index (χ0n) is 25.4. The molecule has 3 saturated heterocycles. The molecule has 3 aliphatic rings. The molecule has 3 aliphatic heterocycles. The Kier molecular flexibility index (Phi) is 10.1. The lowest BCUT2D eigenvalue weighted by Gasteiger charge is -2.36. The van der Waals surface area contributed by atoms with E-state index in [2.05, 4.69) is 20.4 Å². The summed E-state index contributed by atoms with van der Waals surface area (Å²) < 4.78 is 30.3. The molecule has 16 heteroatoms. The Morgan fingerprint density at radius 2 is 1.73 bits per heavy atom. The number of anilines is 1. The van der Waals surface area contributed by atoms with Crippen molar-refractivity contribution >= 4 is 45.5 Å². The van der Waals surface area contributed by atoms with Gasteiger partial charge in [-0.3, -0.25) is 5.32 Å². The molecule has 0 aliphatic carbocycles. The van der Waals surface area contributed by atoms with E-state index in [1.807, 2.05) is 9.80 Å². The van der Waals surface area contributed by atoms with E-state index < -0.39 is 22.2 Å². The summed E-state index contributed by atoms with van der Waals surface area (Å²) in [5.41, 5.74) is 1.81. The van der Waals surface area contributed by atoms with Gasteiger partial charge in [0.05, 0.1) is 19.4 Å². The zero-order chi connectivity index (χ0) is 32.3. The maximum atomic E-state index is 14.0. The number of sulfonamides is 1. The van der Waals surface area contributed by atoms with E-state index in [0.29, 0.717) is 80.9 Å². The molecule has 0 radical (unpaired) electrons. The van der Waals surface area contributed by atoms with Gasteiger partial charge in [0.25, 0.3) is 0 Å². The Morgan fingerprint density at radius 1 is 1.07 bits per heavy atom. The Morgan fingerprint density at radius 3 is 2.33 bits per heavy atom. The number of halogens is 1. The number of hydrogen-bond donors (Lipinski definition) is 4. The minimum absolute atomic E-state index is 0.0898. The molecule has 1 aromatic carbocycles. The van der Waals surface area contributed by atoms with Crippen LogP contribution in [0.25, 0.3) is 11.3 Å². The van der Waals surface area contributed by atoms with Gasteiger partial charge in [0, 0.05) is 50.5 Å². The van der Waals surface area contributed by atoms with Crippen LogP contribution in [0, 0.1) is 17.8 Å². The molecule has 4 amide bonds. The maximum absolute atomic E-state index is 14.0. The van der Waals surface area contributed by atoms with Crippen molar-refractivity contribution in [2.24, 2.45) is 17.8 Å². The van der Waals surface area contributed by atoms with Crippen LogP contribution in [0.15, 0.2) is 24.3 Å². The lowest BCUT2D eigenvalue weighted by Crippen LogP contribution is -2.48. The van der Waals surface area contributed by atoms with Gasteiger partial charge >= 0.3 is 18.2 Å². The van der Waals surface area contributed by atoms with Crippen LogP contribution in [0.4, 0.5) is 20.1 Å². The number of nitrogens with one attached hydrogen (secondary N) is 3. The van der Waals surface area contributed by atoms with Gasteiger partial charge in [0.15, 0.2) is 0 Å². The smallest absolute Gasteiger partial charge is 0.411 e. The van der Waals surface area contributed by atoms with Gasteiger partial charge in [0.1, 0.15) is 16.7 Å². The highest BCUT2D eigenvalue weighted by Gasteiger charge is 2.44. The van der Waals surface area contributed by atoms with E-state index in [-0.39, 0.29) is 29.8 Å². The molecular formula is C29H40ClN7O7S. The number of ether oxygens (including phenoxy) is 1. The van der Waals surface area contributed by atoms with Crippen molar-refractivity contribution in [2.75, 3.05) is 58.0 Å². The third-order valence-electron chi connectivity index (χ3n) is 9.22. The number of benzene rings is 1. The second-order valence-electron chi connectivity index (χ2n) is 12.0. The highest BCUT2D eigenvalue weighted by Crippen LogP contribution is 2.43. The number of rotatable bonds is 7. The van der Waals surface area contributed by atoms with E-state index in [9.17, 15) is 22.8 Å². The number of piperidine rings is 2. The van der Waals surface area contributed by atoms with E-state index in [1.54, 1.807) is 24.3 Å². The molecule has 0 spiro atoms. The number of nitrogens with zero attached hydrogens (tertiary/aromatic N) is 4. The van der Waals surface area contributed by atoms with Crippen LogP contribution in [0.2, 0.25) is 5.15 Å². The average Bonchev–Trinajstić information content (AvgIpc) is 3.64. The molecular weight excluding hydrogens is 626 g/mol. The average molecular weight is 666 g/mol. The second kappa shape index (κ2) is 13.8. The van der Waals surface area contributed by atoms with Crippen molar-refractivity contribution in [3.8, 4) is 11.3 Å². The number of amides is 4. The summed E-state index contributed by atoms with van der Waals surface area (Å²) in [5.74, 6) is 1.18. The molecule has 246 valence electrons. The summed E-state index contributed by atoms with van der Waals surface area (Å²) in [4.78, 5) is 48.3. The van der Waals surface area contributed by atoms with E-state index >= 15 is 0 Å². The van der Waals surface area contributed by atoms with Crippen molar-refractivity contribution in [2.45, 2.75) is 38.1 Å². The number of carboxylic acid groups (broad SMARTS) is 1. The Bertz CT molecular complexity index is 1490. The molecule has 4 heterocycles. The molecule has 2 aromatic rings. The molecule has 1 aromatic heterocycles. The van der Waals surface area contributed by atoms with Gasteiger partial charge in [-0.2, -0.15) is 0 Å². The normalized spacial score (nSPS) is 21.9. The number of hydrogen-bond acceptors (Lipinski definition) is 7. The van der Waals surface area contributed by atoms with Crippen LogP contribution in [-0.4, -0.2) is 108 Å². The number of likely N-dealkylation sites (tertiary alicyclic amines) is 2. The van der Waals surface area contributed by atoms with Crippen LogP contribution in [0.5, 0.6) is 0 Å². The van der Waals surface area contributed by atoms with Gasteiger partial charge in [-0.15, -0.1) is 0 Å². The lowest BCUT2D eigenvalue weighted by atomic mass is 9.83. The number of carbonyl (C=O) groups is 3. The van der Waals surface area contributed by atoms with Gasteiger partial charge in [-0.1, -0.05) is 23.7 Å². The fraction of sp³-hybridized carbons (Fsp3) is 0.586. The maximum Gasteiger partial charge on any atom is 0.411 e. The standard InChI is InChI=1S/C29H40ClN7O7S/c1-44-28(40)32-22-5-3-20(4-6-22)24-25(30)34-26(33-24)23-15-21(19-9-13-36(14-10-19)45(2,42)43)17-37(23)29(41)35-11-7-18(8-12-35)16-31-27(38)39/h3-6,18-19,21,23,31H,7-17H2,1-2H3,(H,32,40)(H,33,34)(H,38,39)/t21-,23-/m0/s1. The minimum Gasteiger partial charge on any atom is -0.465 e. The molecule has 2 atom stereocenters. The number of carbonyl (C=O) groups excluding carboxylic acids is 2. The molecule has 0 bridgehead atoms. The Labute approximate surface area is 267 Å². The van der Waals surface area contributed by atoms with E-state index in [1.165, 1.54) is 17.7 Å². The SMILES string of the molecule is COC(=O)Nc1ccc(-c2nc([C@@H]3C[C@H](C4CCN(S(C)(=O)=O)CC4)CN3C(=O)N3CCC(CNC(=O)O)CC3)[nH]c2Cl)cc1. The van der Waals surface area contributed by atoms with Crippen molar-refractivity contribution in [3.05, 3.63) is 35.2 Å². The van der Waals surface area contributed by atoms with E-state index in [4.69, 9.17) is 21.7 Å². The first kappa shape index (κ1) is 32.8. The zero-order valence-corrected chi connectivity index (χ0v) is 26.9. The predicted molar refractivity (Wildman–Crippen MR) is 167 cm³/mol. The fourth-order valence-corrected chi connectivity index (χ4v) is 7.82. The van der Waals surface area contributed by atoms with Crippen LogP contribution in [0.3, 0.4) is 0 Å². The molecule has 4 N–H and O–H groups in total. The number of aromatic nitrogens is 2. The molecule has 14 nitrogen and oxygen atoms in total. The van der Waals surface area contributed by atoms with Crippen molar-refractivity contribution in [1.82, 2.24) is 29.4 Å². The fourth-order valence-electron chi connectivity index (χ4n) is 6.70. The molecule has 0 unspecified atom stereocenters. The van der Waals surface area contributed by atoms with Gasteiger partial charge < -0.3 is 29.9 Å². The summed E-state index contributed by atoms with van der Waals surface area (Å²) in [6, 6.07) is 6.57. The van der Waals surface area contributed by atoms with Crippen LogP contribution in [0.1, 0.15) is 44.0 Å². The lowest BCUT2D eigenvalue weighted by molar-refractivity contribution is 0.123. The summed E-state index contributed by atoms with van der Waals surface area (Å²) >= 11 is 6.66. The van der Waals surface area contributed by atoms with Crippen LogP contribution >= 0.6 is 11.6 Å². The monoisotopic (exact) mass is 665 g/mol. The molecule has 45 heavy (non-hydrogen) atoms. The second-order valence-corrected chi connectivity index (χ2v) is 14.4. The van der Waals surface area contributed by atoms with Gasteiger partial charge in [-0.05, 0) is 62.0 Å². The molecule has 0 saturated carbocycles. The summed E-state index contributed by atoms with van der Waals surface area (Å²) in [7, 11) is -1.96. The summed E-state index contributed by atoms with van der Waals surface area (Å²) in [6.45, 7) is 2.88. The number of aromatic amines is 1. The van der Waals surface area contributed by atoms with Crippen molar-refractivity contribution in [1.29, 1.82) is 0 Å². The predicted octanol–water partition coefficient (Wildman–Crippen LogP) is 4.04. The quantitative estimate of drug-likeness (QED) is 0.342. The summed E-state index contributed by atoms with van der Waals surface area (Å²) in [5, 5.41) is 14.3. The number of H-pyrrole nitrogens is 1. The highest BCUT2D eigenvalue weighted by atomic mass is 35.5. The van der Waals surface area contributed by atoms with Crippen molar-refractivity contribution < 1.29 is 32.6 Å². The van der Waals surface area contributed by atoms with Crippen LogP contribution < -0.4 is 10.6 Å². The number of imidazole rings is 1. The molecule has 5 rings (SSSR count). The first-order valence-electron chi connectivity index (χ1n) is 15.1. The Hall–Kier alpha value is -3.56.